The second-order valence-corrected chi connectivity index (χ2v) is 5.32. The molecule has 2 rings (SSSR count). The van der Waals surface area contributed by atoms with Gasteiger partial charge in [0.2, 0.25) is 5.91 Å². The molecule has 0 radical (unpaired) electrons. The van der Waals surface area contributed by atoms with Gasteiger partial charge in [-0.25, -0.2) is 4.98 Å². The smallest absolute Gasteiger partial charge is 0.274 e. The molecule has 0 spiro atoms. The molecule has 1 aromatic heterocycles. The molecule has 1 aliphatic rings. The summed E-state index contributed by atoms with van der Waals surface area (Å²) in [5, 5.41) is 3.01. The van der Waals surface area contributed by atoms with Crippen molar-refractivity contribution in [3.63, 3.8) is 0 Å². The van der Waals surface area contributed by atoms with Crippen LogP contribution in [0.1, 0.15) is 37.2 Å². The molecule has 0 aliphatic carbocycles. The summed E-state index contributed by atoms with van der Waals surface area (Å²) in [4.78, 5) is 33.5. The second kappa shape index (κ2) is 6.45. The topological polar surface area (TPSA) is 75.2 Å². The Hall–Kier alpha value is -1.98. The van der Waals surface area contributed by atoms with Gasteiger partial charge in [-0.2, -0.15) is 0 Å². The third kappa shape index (κ3) is 3.53. The van der Waals surface area contributed by atoms with Gasteiger partial charge in [-0.3, -0.25) is 14.6 Å². The van der Waals surface area contributed by atoms with E-state index >= 15 is 0 Å². The fourth-order valence-electron chi connectivity index (χ4n) is 2.17. The second-order valence-electron chi connectivity index (χ2n) is 5.32. The number of hydrogen-bond acceptors (Lipinski definition) is 4. The van der Waals surface area contributed by atoms with Gasteiger partial charge in [-0.05, 0) is 12.8 Å². The number of nitrogens with one attached hydrogen (secondary N) is 1. The van der Waals surface area contributed by atoms with E-state index in [0.717, 1.165) is 12.8 Å². The van der Waals surface area contributed by atoms with Gasteiger partial charge >= 0.3 is 0 Å². The van der Waals surface area contributed by atoms with E-state index in [1.54, 1.807) is 11.1 Å². The van der Waals surface area contributed by atoms with Gasteiger partial charge in [0.25, 0.3) is 5.91 Å². The molecule has 0 atom stereocenters. The maximum absolute atomic E-state index is 12.2. The van der Waals surface area contributed by atoms with Crippen LogP contribution in [-0.2, 0) is 4.79 Å². The molecule has 1 aromatic rings. The zero-order chi connectivity index (χ0) is 14.5. The van der Waals surface area contributed by atoms with Crippen molar-refractivity contribution in [2.45, 2.75) is 32.7 Å². The average Bonchev–Trinajstić information content (AvgIpc) is 2.48. The van der Waals surface area contributed by atoms with Gasteiger partial charge in [-0.1, -0.05) is 13.8 Å². The van der Waals surface area contributed by atoms with Crippen molar-refractivity contribution in [2.24, 2.45) is 5.92 Å². The minimum atomic E-state index is -0.0910. The highest BCUT2D eigenvalue weighted by atomic mass is 16.2. The summed E-state index contributed by atoms with van der Waals surface area (Å²) in [7, 11) is 0. The molecule has 2 heterocycles. The maximum atomic E-state index is 12.2. The molecule has 108 valence electrons. The molecular formula is C14H20N4O2. The van der Waals surface area contributed by atoms with E-state index in [4.69, 9.17) is 0 Å². The molecular weight excluding hydrogens is 256 g/mol. The van der Waals surface area contributed by atoms with Gasteiger partial charge in [-0.15, -0.1) is 0 Å². The van der Waals surface area contributed by atoms with Crippen molar-refractivity contribution in [2.75, 3.05) is 13.1 Å². The van der Waals surface area contributed by atoms with Crippen LogP contribution in [0.25, 0.3) is 0 Å². The zero-order valence-electron chi connectivity index (χ0n) is 11.9. The number of rotatable bonds is 3. The molecule has 0 bridgehead atoms. The lowest BCUT2D eigenvalue weighted by Gasteiger charge is -2.32. The van der Waals surface area contributed by atoms with Crippen LogP contribution in [0.5, 0.6) is 0 Å². The SMILES string of the molecule is CC(C)C(=O)NC1CCN(C(=O)c2cnccn2)CC1. The first kappa shape index (κ1) is 14.4. The van der Waals surface area contributed by atoms with Gasteiger partial charge in [0.1, 0.15) is 5.69 Å². The van der Waals surface area contributed by atoms with E-state index < -0.39 is 0 Å². The van der Waals surface area contributed by atoms with E-state index in [-0.39, 0.29) is 23.8 Å². The minimum absolute atomic E-state index is 0.00532. The van der Waals surface area contributed by atoms with Crippen LogP contribution in [0, 0.1) is 5.92 Å². The van der Waals surface area contributed by atoms with Crippen molar-refractivity contribution < 1.29 is 9.59 Å². The van der Waals surface area contributed by atoms with Gasteiger partial charge in [0.15, 0.2) is 0 Å². The van der Waals surface area contributed by atoms with Crippen molar-refractivity contribution in [1.82, 2.24) is 20.2 Å². The van der Waals surface area contributed by atoms with Crippen LogP contribution in [0.3, 0.4) is 0 Å². The molecule has 0 saturated carbocycles. The van der Waals surface area contributed by atoms with Gasteiger partial charge in [0.05, 0.1) is 6.20 Å². The summed E-state index contributed by atoms with van der Waals surface area (Å²) in [6.45, 7) is 5.03. The predicted molar refractivity (Wildman–Crippen MR) is 73.9 cm³/mol. The minimum Gasteiger partial charge on any atom is -0.353 e. The molecule has 0 aromatic carbocycles. The average molecular weight is 276 g/mol. The lowest BCUT2D eigenvalue weighted by Crippen LogP contribution is -2.47. The zero-order valence-corrected chi connectivity index (χ0v) is 11.9. The Labute approximate surface area is 118 Å². The van der Waals surface area contributed by atoms with Crippen LogP contribution in [0.4, 0.5) is 0 Å². The van der Waals surface area contributed by atoms with E-state index in [1.165, 1.54) is 12.4 Å². The first-order chi connectivity index (χ1) is 9.58. The van der Waals surface area contributed by atoms with Crippen molar-refractivity contribution in [1.29, 1.82) is 0 Å². The monoisotopic (exact) mass is 276 g/mol. The summed E-state index contributed by atoms with van der Waals surface area (Å²) in [6, 6.07) is 0.163. The molecule has 1 N–H and O–H groups in total. The van der Waals surface area contributed by atoms with E-state index in [2.05, 4.69) is 15.3 Å². The maximum Gasteiger partial charge on any atom is 0.274 e. The summed E-state index contributed by atoms with van der Waals surface area (Å²) in [6.07, 6.45) is 6.11. The summed E-state index contributed by atoms with van der Waals surface area (Å²) >= 11 is 0. The Morgan fingerprint density at radius 3 is 2.55 bits per heavy atom. The Morgan fingerprint density at radius 2 is 2.00 bits per heavy atom. The van der Waals surface area contributed by atoms with Crippen LogP contribution in [0.15, 0.2) is 18.6 Å². The highest BCUT2D eigenvalue weighted by molar-refractivity contribution is 5.92. The van der Waals surface area contributed by atoms with E-state index in [0.29, 0.717) is 18.8 Å². The molecule has 6 heteroatoms. The van der Waals surface area contributed by atoms with Gasteiger partial charge < -0.3 is 10.2 Å². The summed E-state index contributed by atoms with van der Waals surface area (Å²) in [5.74, 6) is -0.0234. The van der Waals surface area contributed by atoms with E-state index in [1.807, 2.05) is 13.8 Å². The fraction of sp³-hybridized carbons (Fsp3) is 0.571. The van der Waals surface area contributed by atoms with E-state index in [9.17, 15) is 9.59 Å². The number of nitrogens with zero attached hydrogens (tertiary/aromatic N) is 3. The Bertz CT molecular complexity index is 467. The lowest BCUT2D eigenvalue weighted by molar-refractivity contribution is -0.124. The Kier molecular flexibility index (Phi) is 4.65. The highest BCUT2D eigenvalue weighted by Crippen LogP contribution is 2.13. The third-order valence-corrected chi connectivity index (χ3v) is 3.44. The van der Waals surface area contributed by atoms with Crippen molar-refractivity contribution in [3.05, 3.63) is 24.3 Å². The van der Waals surface area contributed by atoms with Gasteiger partial charge in [0, 0.05) is 37.4 Å². The number of likely N-dealkylation sites (tertiary alicyclic amines) is 1. The largest absolute Gasteiger partial charge is 0.353 e. The molecule has 1 saturated heterocycles. The Balaban J connectivity index is 1.85. The molecule has 2 amide bonds. The summed E-state index contributed by atoms with van der Waals surface area (Å²) < 4.78 is 0. The predicted octanol–water partition coefficient (Wildman–Crippen LogP) is 0.853. The number of hydrogen-bond donors (Lipinski definition) is 1. The van der Waals surface area contributed by atoms with Crippen LogP contribution < -0.4 is 5.32 Å². The summed E-state index contributed by atoms with van der Waals surface area (Å²) in [5.41, 5.74) is 0.372. The van der Waals surface area contributed by atoms with Crippen molar-refractivity contribution >= 4 is 11.8 Å². The quantitative estimate of drug-likeness (QED) is 0.888. The number of piperidine rings is 1. The lowest BCUT2D eigenvalue weighted by atomic mass is 10.0. The highest BCUT2D eigenvalue weighted by Gasteiger charge is 2.25. The fourth-order valence-corrected chi connectivity index (χ4v) is 2.17. The molecule has 6 nitrogen and oxygen atoms in total. The Morgan fingerprint density at radius 1 is 1.30 bits per heavy atom. The number of amides is 2. The van der Waals surface area contributed by atoms with Crippen molar-refractivity contribution in [3.8, 4) is 0 Å². The number of aromatic nitrogens is 2. The van der Waals surface area contributed by atoms with Crippen LogP contribution >= 0.6 is 0 Å². The molecule has 0 unspecified atom stereocenters. The molecule has 20 heavy (non-hydrogen) atoms. The molecule has 1 aliphatic heterocycles. The normalized spacial score (nSPS) is 16.2. The number of carbonyl (C=O) groups excluding carboxylic acids is 2. The number of carbonyl (C=O) groups is 2. The first-order valence-corrected chi connectivity index (χ1v) is 6.93. The molecule has 1 fully saturated rings. The van der Waals surface area contributed by atoms with Crippen LogP contribution in [-0.4, -0.2) is 45.8 Å². The first-order valence-electron chi connectivity index (χ1n) is 6.93. The standard InChI is InChI=1S/C14H20N4O2/c1-10(2)13(19)17-11-3-7-18(8-4-11)14(20)12-9-15-5-6-16-12/h5-6,9-11H,3-4,7-8H2,1-2H3,(H,17,19). The van der Waals surface area contributed by atoms with Crippen LogP contribution in [0.2, 0.25) is 0 Å². The third-order valence-electron chi connectivity index (χ3n) is 3.44.